The summed E-state index contributed by atoms with van der Waals surface area (Å²) in [6.45, 7) is 5.39. The van der Waals surface area contributed by atoms with Gasteiger partial charge in [0, 0.05) is 13.0 Å². The minimum Gasteiger partial charge on any atom is -0.469 e. The van der Waals surface area contributed by atoms with Crippen molar-refractivity contribution in [3.63, 3.8) is 0 Å². The molecular formula is C13H21NO5. The molecule has 1 aliphatic heterocycles. The molecule has 0 spiro atoms. The van der Waals surface area contributed by atoms with Crippen LogP contribution < -0.4 is 5.32 Å². The summed E-state index contributed by atoms with van der Waals surface area (Å²) < 4.78 is 9.99. The molecule has 0 radical (unpaired) electrons. The van der Waals surface area contributed by atoms with Crippen molar-refractivity contribution < 1.29 is 23.9 Å². The average molecular weight is 271 g/mol. The Hall–Kier alpha value is -1.59. The van der Waals surface area contributed by atoms with E-state index < -0.39 is 23.0 Å². The fourth-order valence-electron chi connectivity index (χ4n) is 1.93. The van der Waals surface area contributed by atoms with E-state index in [0.717, 1.165) is 0 Å². The molecule has 108 valence electrons. The number of carbonyl (C=O) groups excluding carboxylic acids is 3. The lowest BCUT2D eigenvalue weighted by molar-refractivity contribution is -0.173. The van der Waals surface area contributed by atoms with Gasteiger partial charge in [0.15, 0.2) is 0 Å². The molecule has 1 atom stereocenters. The molecular weight excluding hydrogens is 250 g/mol. The van der Waals surface area contributed by atoms with Crippen LogP contribution in [0.4, 0.5) is 0 Å². The molecule has 1 rings (SSSR count). The van der Waals surface area contributed by atoms with E-state index in [1.54, 1.807) is 20.8 Å². The van der Waals surface area contributed by atoms with Crippen molar-refractivity contribution in [2.75, 3.05) is 13.7 Å². The van der Waals surface area contributed by atoms with Crippen molar-refractivity contribution in [1.29, 1.82) is 0 Å². The maximum Gasteiger partial charge on any atom is 0.315 e. The monoisotopic (exact) mass is 271 g/mol. The number of methoxy groups -OCH3 is 1. The molecule has 1 unspecified atom stereocenters. The number of hydrogen-bond donors (Lipinski definition) is 1. The van der Waals surface area contributed by atoms with Crippen molar-refractivity contribution in [2.24, 2.45) is 5.41 Å². The molecule has 1 N–H and O–H groups in total. The zero-order chi connectivity index (χ0) is 14.7. The molecule has 6 heteroatoms. The first-order valence-corrected chi connectivity index (χ1v) is 6.25. The van der Waals surface area contributed by atoms with E-state index in [0.29, 0.717) is 6.42 Å². The van der Waals surface area contributed by atoms with Gasteiger partial charge in [-0.3, -0.25) is 14.4 Å². The molecule has 6 nitrogen and oxygen atoms in total. The Labute approximate surface area is 112 Å². The Morgan fingerprint density at radius 3 is 2.42 bits per heavy atom. The van der Waals surface area contributed by atoms with Crippen LogP contribution in [0.15, 0.2) is 0 Å². The Morgan fingerprint density at radius 1 is 1.37 bits per heavy atom. The smallest absolute Gasteiger partial charge is 0.315 e. The predicted molar refractivity (Wildman–Crippen MR) is 67.2 cm³/mol. The first-order chi connectivity index (χ1) is 8.68. The quantitative estimate of drug-likeness (QED) is 0.767. The van der Waals surface area contributed by atoms with Crippen LogP contribution in [0.25, 0.3) is 0 Å². The minimum absolute atomic E-state index is 0.0846. The van der Waals surface area contributed by atoms with Crippen LogP contribution in [0, 0.1) is 5.41 Å². The zero-order valence-corrected chi connectivity index (χ0v) is 11.9. The zero-order valence-electron chi connectivity index (χ0n) is 11.9. The van der Waals surface area contributed by atoms with E-state index in [1.165, 1.54) is 7.11 Å². The van der Waals surface area contributed by atoms with Crippen molar-refractivity contribution in [2.45, 2.75) is 45.6 Å². The normalized spacial score (nSPS) is 23.5. The van der Waals surface area contributed by atoms with Gasteiger partial charge in [-0.1, -0.05) is 0 Å². The summed E-state index contributed by atoms with van der Waals surface area (Å²) in [4.78, 5) is 35.0. The van der Waals surface area contributed by atoms with Gasteiger partial charge in [-0.2, -0.15) is 0 Å². The van der Waals surface area contributed by atoms with E-state index >= 15 is 0 Å². The van der Waals surface area contributed by atoms with E-state index in [2.05, 4.69) is 10.1 Å². The average Bonchev–Trinajstić information content (AvgIpc) is 2.30. The van der Waals surface area contributed by atoms with Crippen LogP contribution in [0.2, 0.25) is 0 Å². The molecule has 1 saturated heterocycles. The van der Waals surface area contributed by atoms with Crippen LogP contribution in [-0.2, 0) is 23.9 Å². The van der Waals surface area contributed by atoms with E-state index in [-0.39, 0.29) is 25.3 Å². The molecule has 0 aromatic heterocycles. The Bertz CT molecular complexity index is 373. The maximum atomic E-state index is 12.3. The molecule has 19 heavy (non-hydrogen) atoms. The summed E-state index contributed by atoms with van der Waals surface area (Å²) in [5.74, 6) is -1.07. The SMILES string of the molecule is COC(=O)CC1(C(=O)OC(C)(C)C)CCC(=O)NC1. The number of hydrogen-bond acceptors (Lipinski definition) is 5. The third-order valence-electron chi connectivity index (χ3n) is 3.00. The maximum absolute atomic E-state index is 12.3. The van der Waals surface area contributed by atoms with Crippen LogP contribution in [0.1, 0.15) is 40.0 Å². The highest BCUT2D eigenvalue weighted by Crippen LogP contribution is 2.34. The van der Waals surface area contributed by atoms with Crippen molar-refractivity contribution in [1.82, 2.24) is 5.32 Å². The number of rotatable bonds is 3. The van der Waals surface area contributed by atoms with E-state index in [4.69, 9.17) is 4.74 Å². The highest BCUT2D eigenvalue weighted by Gasteiger charge is 2.46. The highest BCUT2D eigenvalue weighted by molar-refractivity contribution is 5.87. The van der Waals surface area contributed by atoms with Gasteiger partial charge in [-0.15, -0.1) is 0 Å². The fourth-order valence-corrected chi connectivity index (χ4v) is 1.93. The van der Waals surface area contributed by atoms with Gasteiger partial charge in [0.2, 0.25) is 5.91 Å². The molecule has 0 aliphatic carbocycles. The van der Waals surface area contributed by atoms with Gasteiger partial charge in [0.05, 0.1) is 18.9 Å². The van der Waals surface area contributed by atoms with Gasteiger partial charge < -0.3 is 14.8 Å². The number of ether oxygens (including phenoxy) is 2. The third kappa shape index (κ3) is 4.22. The Balaban J connectivity index is 2.88. The standard InChI is InChI=1S/C13H21NO5/c1-12(2,3)19-11(17)13(7-10(16)18-4)6-5-9(15)14-8-13/h5-8H2,1-4H3,(H,14,15). The third-order valence-corrected chi connectivity index (χ3v) is 3.00. The van der Waals surface area contributed by atoms with Crippen LogP contribution in [0.3, 0.4) is 0 Å². The van der Waals surface area contributed by atoms with Crippen LogP contribution in [0.5, 0.6) is 0 Å². The lowest BCUT2D eigenvalue weighted by Crippen LogP contribution is -2.51. The first-order valence-electron chi connectivity index (χ1n) is 6.25. The molecule has 0 saturated carbocycles. The summed E-state index contributed by atoms with van der Waals surface area (Å²) in [6, 6.07) is 0. The molecule has 0 aromatic rings. The number of esters is 2. The summed E-state index contributed by atoms with van der Waals surface area (Å²) in [5, 5.41) is 2.62. The number of piperidine rings is 1. The topological polar surface area (TPSA) is 81.7 Å². The van der Waals surface area contributed by atoms with Crippen molar-refractivity contribution in [3.05, 3.63) is 0 Å². The summed E-state index contributed by atoms with van der Waals surface area (Å²) >= 11 is 0. The van der Waals surface area contributed by atoms with Crippen molar-refractivity contribution in [3.8, 4) is 0 Å². The van der Waals surface area contributed by atoms with Gasteiger partial charge in [0.1, 0.15) is 5.60 Å². The lowest BCUT2D eigenvalue weighted by Gasteiger charge is -2.36. The predicted octanol–water partition coefficient (Wildman–Crippen LogP) is 0.788. The summed E-state index contributed by atoms with van der Waals surface area (Å²) in [7, 11) is 1.27. The number of amides is 1. The van der Waals surface area contributed by atoms with E-state index in [9.17, 15) is 14.4 Å². The number of carbonyl (C=O) groups is 3. The van der Waals surface area contributed by atoms with Gasteiger partial charge in [0.25, 0.3) is 0 Å². The second kappa shape index (κ2) is 5.59. The minimum atomic E-state index is -1.02. The molecule has 1 heterocycles. The van der Waals surface area contributed by atoms with Crippen LogP contribution in [-0.4, -0.2) is 37.1 Å². The van der Waals surface area contributed by atoms with E-state index in [1.807, 2.05) is 0 Å². The fraction of sp³-hybridized carbons (Fsp3) is 0.769. The Morgan fingerprint density at radius 2 is 2.00 bits per heavy atom. The summed E-state index contributed by atoms with van der Waals surface area (Å²) in [6.07, 6.45) is 0.414. The first kappa shape index (κ1) is 15.5. The Kier molecular flexibility index (Phi) is 4.55. The largest absolute Gasteiger partial charge is 0.469 e. The highest BCUT2D eigenvalue weighted by atomic mass is 16.6. The lowest BCUT2D eigenvalue weighted by atomic mass is 9.77. The number of nitrogens with one attached hydrogen (secondary N) is 1. The second-order valence-electron chi connectivity index (χ2n) is 5.81. The molecule has 0 bridgehead atoms. The molecule has 1 aliphatic rings. The summed E-state index contributed by atoms with van der Waals surface area (Å²) in [5.41, 5.74) is -1.66. The van der Waals surface area contributed by atoms with Crippen LogP contribution >= 0.6 is 0 Å². The molecule has 1 fully saturated rings. The van der Waals surface area contributed by atoms with Gasteiger partial charge in [-0.05, 0) is 27.2 Å². The molecule has 1 amide bonds. The second-order valence-corrected chi connectivity index (χ2v) is 5.81. The van der Waals surface area contributed by atoms with Gasteiger partial charge >= 0.3 is 11.9 Å². The molecule has 0 aromatic carbocycles. The van der Waals surface area contributed by atoms with Crippen molar-refractivity contribution >= 4 is 17.8 Å². The van der Waals surface area contributed by atoms with Gasteiger partial charge in [-0.25, -0.2) is 0 Å².